The smallest absolute Gasteiger partial charge is 0.273 e. The number of hydrogen-bond acceptors (Lipinski definition) is 5. The van der Waals surface area contributed by atoms with Gasteiger partial charge in [-0.25, -0.2) is 4.98 Å². The lowest BCUT2D eigenvalue weighted by atomic mass is 10.1. The predicted molar refractivity (Wildman–Crippen MR) is 76.7 cm³/mol. The van der Waals surface area contributed by atoms with Crippen LogP contribution < -0.4 is 10.6 Å². The molecule has 0 aromatic carbocycles. The third-order valence-corrected chi connectivity index (χ3v) is 3.23. The second-order valence-corrected chi connectivity index (χ2v) is 4.71. The molecule has 2 heterocycles. The zero-order chi connectivity index (χ0) is 15.4. The number of nitrogens with zero attached hydrogens (tertiary/aromatic N) is 2. The van der Waals surface area contributed by atoms with Gasteiger partial charge in [0.05, 0.1) is 0 Å². The van der Waals surface area contributed by atoms with Crippen molar-refractivity contribution in [2.45, 2.75) is 26.3 Å². The van der Waals surface area contributed by atoms with Crippen LogP contribution in [0.3, 0.4) is 0 Å². The largest absolute Gasteiger partial charge is 0.370 e. The maximum atomic E-state index is 12.5. The van der Waals surface area contributed by atoms with Crippen molar-refractivity contribution in [2.24, 2.45) is 0 Å². The van der Waals surface area contributed by atoms with Crippen LogP contribution in [0.25, 0.3) is 0 Å². The maximum Gasteiger partial charge on any atom is 0.273 e. The van der Waals surface area contributed by atoms with Crippen LogP contribution in [0, 0.1) is 0 Å². The SMILES string of the molecule is CCNc1cccc(C(=O)N2CC(=O)NC(=O)C2CC)n1. The molecule has 3 amide bonds. The Kier molecular flexibility index (Phi) is 4.52. The topological polar surface area (TPSA) is 91.4 Å². The molecule has 0 saturated carbocycles. The molecule has 1 atom stereocenters. The van der Waals surface area contributed by atoms with Crippen molar-refractivity contribution in [3.05, 3.63) is 23.9 Å². The zero-order valence-electron chi connectivity index (χ0n) is 12.0. The number of pyridine rings is 1. The lowest BCUT2D eigenvalue weighted by molar-refractivity contribution is -0.138. The summed E-state index contributed by atoms with van der Waals surface area (Å²) in [5, 5.41) is 5.26. The third kappa shape index (κ3) is 3.18. The standard InChI is InChI=1S/C14H18N4O3/c1-3-10-13(20)17-12(19)8-18(10)14(21)9-6-5-7-11(16-9)15-4-2/h5-7,10H,3-4,8H2,1-2H3,(H,15,16)(H,17,19,20). The van der Waals surface area contributed by atoms with Gasteiger partial charge in [-0.15, -0.1) is 0 Å². The molecule has 0 radical (unpaired) electrons. The maximum absolute atomic E-state index is 12.5. The first-order valence-corrected chi connectivity index (χ1v) is 6.92. The van der Waals surface area contributed by atoms with E-state index in [1.54, 1.807) is 25.1 Å². The molecule has 1 unspecified atom stereocenters. The summed E-state index contributed by atoms with van der Waals surface area (Å²) in [7, 11) is 0. The number of aromatic nitrogens is 1. The summed E-state index contributed by atoms with van der Waals surface area (Å²) in [6.45, 7) is 4.28. The van der Waals surface area contributed by atoms with Crippen LogP contribution in [0.15, 0.2) is 18.2 Å². The fraction of sp³-hybridized carbons (Fsp3) is 0.429. The summed E-state index contributed by atoms with van der Waals surface area (Å²) in [5.74, 6) is -0.736. The number of anilines is 1. The molecule has 1 aromatic heterocycles. The third-order valence-electron chi connectivity index (χ3n) is 3.23. The Morgan fingerprint density at radius 3 is 2.86 bits per heavy atom. The molecule has 2 N–H and O–H groups in total. The van der Waals surface area contributed by atoms with Crippen molar-refractivity contribution < 1.29 is 14.4 Å². The van der Waals surface area contributed by atoms with E-state index in [-0.39, 0.29) is 12.2 Å². The lowest BCUT2D eigenvalue weighted by Crippen LogP contribution is -2.59. The minimum atomic E-state index is -0.639. The second kappa shape index (κ2) is 6.34. The average molecular weight is 290 g/mol. The molecule has 0 bridgehead atoms. The van der Waals surface area contributed by atoms with Gasteiger partial charge in [-0.05, 0) is 25.5 Å². The number of nitrogens with one attached hydrogen (secondary N) is 2. The van der Waals surface area contributed by atoms with E-state index in [1.807, 2.05) is 6.92 Å². The number of piperazine rings is 1. The Balaban J connectivity index is 2.26. The van der Waals surface area contributed by atoms with Crippen molar-refractivity contribution in [1.82, 2.24) is 15.2 Å². The van der Waals surface area contributed by atoms with E-state index >= 15 is 0 Å². The first-order chi connectivity index (χ1) is 10.1. The normalized spacial score (nSPS) is 18.4. The Bertz CT molecular complexity index is 573. The summed E-state index contributed by atoms with van der Waals surface area (Å²) < 4.78 is 0. The summed E-state index contributed by atoms with van der Waals surface area (Å²) in [5.41, 5.74) is 0.217. The van der Waals surface area contributed by atoms with Gasteiger partial charge in [-0.1, -0.05) is 13.0 Å². The molecule has 0 aliphatic carbocycles. The number of hydrogen-bond donors (Lipinski definition) is 2. The van der Waals surface area contributed by atoms with Crippen molar-refractivity contribution >= 4 is 23.5 Å². The molecule has 1 fully saturated rings. The first-order valence-electron chi connectivity index (χ1n) is 6.92. The second-order valence-electron chi connectivity index (χ2n) is 4.71. The summed E-state index contributed by atoms with van der Waals surface area (Å²) in [4.78, 5) is 41.3. The Hall–Kier alpha value is -2.44. The van der Waals surface area contributed by atoms with Crippen LogP contribution in [-0.2, 0) is 9.59 Å². The molecular weight excluding hydrogens is 272 g/mol. The summed E-state index contributed by atoms with van der Waals surface area (Å²) >= 11 is 0. The van der Waals surface area contributed by atoms with E-state index < -0.39 is 23.8 Å². The fourth-order valence-corrected chi connectivity index (χ4v) is 2.27. The van der Waals surface area contributed by atoms with Crippen LogP contribution in [0.2, 0.25) is 0 Å². The highest BCUT2D eigenvalue weighted by molar-refractivity contribution is 6.06. The number of carbonyl (C=O) groups is 3. The van der Waals surface area contributed by atoms with E-state index in [0.717, 1.165) is 0 Å². The number of imide groups is 1. The Morgan fingerprint density at radius 1 is 1.43 bits per heavy atom. The number of rotatable bonds is 4. The zero-order valence-corrected chi connectivity index (χ0v) is 12.0. The lowest BCUT2D eigenvalue weighted by Gasteiger charge is -2.33. The predicted octanol–water partition coefficient (Wildman–Crippen LogP) is 0.391. The van der Waals surface area contributed by atoms with Crippen molar-refractivity contribution in [2.75, 3.05) is 18.4 Å². The van der Waals surface area contributed by atoms with E-state index in [0.29, 0.717) is 18.8 Å². The van der Waals surface area contributed by atoms with Gasteiger partial charge < -0.3 is 10.2 Å². The minimum Gasteiger partial charge on any atom is -0.370 e. The molecule has 1 aliphatic rings. The molecule has 2 rings (SSSR count). The van der Waals surface area contributed by atoms with Gasteiger partial charge in [-0.3, -0.25) is 19.7 Å². The van der Waals surface area contributed by atoms with Gasteiger partial charge >= 0.3 is 0 Å². The summed E-state index contributed by atoms with van der Waals surface area (Å²) in [6, 6.07) is 4.41. The molecule has 21 heavy (non-hydrogen) atoms. The monoisotopic (exact) mass is 290 g/mol. The Labute approximate surface area is 122 Å². The fourth-order valence-electron chi connectivity index (χ4n) is 2.27. The van der Waals surface area contributed by atoms with Gasteiger partial charge in [0.1, 0.15) is 24.1 Å². The van der Waals surface area contributed by atoms with Crippen molar-refractivity contribution in [1.29, 1.82) is 0 Å². The van der Waals surface area contributed by atoms with Gasteiger partial charge in [0.25, 0.3) is 5.91 Å². The highest BCUT2D eigenvalue weighted by Crippen LogP contribution is 2.14. The minimum absolute atomic E-state index is 0.129. The molecule has 112 valence electrons. The van der Waals surface area contributed by atoms with Gasteiger partial charge in [0.2, 0.25) is 11.8 Å². The van der Waals surface area contributed by atoms with E-state index in [2.05, 4.69) is 15.6 Å². The van der Waals surface area contributed by atoms with Gasteiger partial charge in [-0.2, -0.15) is 0 Å². The molecule has 7 heteroatoms. The average Bonchev–Trinajstić information content (AvgIpc) is 2.46. The van der Waals surface area contributed by atoms with Crippen LogP contribution in [0.4, 0.5) is 5.82 Å². The Morgan fingerprint density at radius 2 is 2.19 bits per heavy atom. The molecule has 7 nitrogen and oxygen atoms in total. The molecule has 1 aliphatic heterocycles. The molecular formula is C14H18N4O3. The van der Waals surface area contributed by atoms with Crippen LogP contribution >= 0.6 is 0 Å². The van der Waals surface area contributed by atoms with Gasteiger partial charge in [0.15, 0.2) is 0 Å². The van der Waals surface area contributed by atoms with Crippen LogP contribution in [-0.4, -0.2) is 46.7 Å². The highest BCUT2D eigenvalue weighted by Gasteiger charge is 2.36. The quantitative estimate of drug-likeness (QED) is 0.783. The van der Waals surface area contributed by atoms with Gasteiger partial charge in [0, 0.05) is 6.54 Å². The van der Waals surface area contributed by atoms with Crippen molar-refractivity contribution in [3.8, 4) is 0 Å². The van der Waals surface area contributed by atoms with E-state index in [4.69, 9.17) is 0 Å². The molecule has 1 saturated heterocycles. The molecule has 1 aromatic rings. The van der Waals surface area contributed by atoms with Crippen LogP contribution in [0.1, 0.15) is 30.8 Å². The van der Waals surface area contributed by atoms with E-state index in [1.165, 1.54) is 4.90 Å². The summed E-state index contributed by atoms with van der Waals surface area (Å²) in [6.07, 6.45) is 0.442. The van der Waals surface area contributed by atoms with E-state index in [9.17, 15) is 14.4 Å². The number of amides is 3. The highest BCUT2D eigenvalue weighted by atomic mass is 16.2. The molecule has 0 spiro atoms. The first kappa shape index (κ1) is 15.0. The van der Waals surface area contributed by atoms with Crippen molar-refractivity contribution in [3.63, 3.8) is 0 Å². The number of carbonyl (C=O) groups excluding carboxylic acids is 3. The van der Waals surface area contributed by atoms with Crippen LogP contribution in [0.5, 0.6) is 0 Å².